The number of carbonyl (C=O) groups is 1. The van der Waals surface area contributed by atoms with Crippen molar-refractivity contribution in [3.8, 4) is 0 Å². The topological polar surface area (TPSA) is 49.8 Å². The van der Waals surface area contributed by atoms with Gasteiger partial charge in [-0.25, -0.2) is 0 Å². The predicted molar refractivity (Wildman–Crippen MR) is 62.6 cm³/mol. The minimum atomic E-state index is -0.710. The van der Waals surface area contributed by atoms with E-state index in [2.05, 4.69) is 18.7 Å². The maximum absolute atomic E-state index is 10.5. The van der Waals surface area contributed by atoms with Gasteiger partial charge >= 0.3 is 5.97 Å². The molecule has 2 unspecified atom stereocenters. The van der Waals surface area contributed by atoms with Crippen LogP contribution in [0.25, 0.3) is 0 Å². The highest BCUT2D eigenvalue weighted by molar-refractivity contribution is 5.66. The summed E-state index contributed by atoms with van der Waals surface area (Å²) in [5.41, 5.74) is -0.0598. The SMILES string of the molecule is COC1(C)CCCN(C(C)CCC(=O)O)C1. The largest absolute Gasteiger partial charge is 0.481 e. The lowest BCUT2D eigenvalue weighted by atomic mass is 9.93. The van der Waals surface area contributed by atoms with Crippen LogP contribution in [-0.4, -0.2) is 47.8 Å². The van der Waals surface area contributed by atoms with Gasteiger partial charge < -0.3 is 9.84 Å². The van der Waals surface area contributed by atoms with Crippen molar-refractivity contribution in [2.45, 2.75) is 51.2 Å². The number of rotatable bonds is 5. The molecule has 16 heavy (non-hydrogen) atoms. The summed E-state index contributed by atoms with van der Waals surface area (Å²) in [6.45, 7) is 6.19. The van der Waals surface area contributed by atoms with Crippen LogP contribution in [0.15, 0.2) is 0 Å². The zero-order chi connectivity index (χ0) is 12.2. The first kappa shape index (κ1) is 13.5. The van der Waals surface area contributed by atoms with Gasteiger partial charge in [0, 0.05) is 26.1 Å². The van der Waals surface area contributed by atoms with E-state index >= 15 is 0 Å². The molecule has 0 aliphatic carbocycles. The van der Waals surface area contributed by atoms with Gasteiger partial charge in [-0.05, 0) is 39.7 Å². The molecule has 1 saturated heterocycles. The highest BCUT2D eigenvalue weighted by atomic mass is 16.5. The zero-order valence-corrected chi connectivity index (χ0v) is 10.5. The van der Waals surface area contributed by atoms with Gasteiger partial charge in [0.1, 0.15) is 0 Å². The number of carboxylic acid groups (broad SMARTS) is 1. The number of ether oxygens (including phenoxy) is 1. The molecule has 1 N–H and O–H groups in total. The Labute approximate surface area is 97.6 Å². The number of hydrogen-bond donors (Lipinski definition) is 1. The maximum Gasteiger partial charge on any atom is 0.303 e. The second-order valence-corrected chi connectivity index (χ2v) is 5.01. The fraction of sp³-hybridized carbons (Fsp3) is 0.917. The molecule has 0 radical (unpaired) electrons. The molecule has 0 spiro atoms. The second kappa shape index (κ2) is 5.64. The fourth-order valence-corrected chi connectivity index (χ4v) is 2.30. The minimum absolute atomic E-state index is 0.0598. The van der Waals surface area contributed by atoms with E-state index in [0.717, 1.165) is 32.4 Å². The summed E-state index contributed by atoms with van der Waals surface area (Å²) in [5, 5.41) is 8.67. The van der Waals surface area contributed by atoms with Gasteiger partial charge in [-0.1, -0.05) is 0 Å². The molecule has 2 atom stereocenters. The van der Waals surface area contributed by atoms with Gasteiger partial charge in [0.25, 0.3) is 0 Å². The average Bonchev–Trinajstić information content (AvgIpc) is 2.26. The van der Waals surface area contributed by atoms with Crippen LogP contribution in [-0.2, 0) is 9.53 Å². The summed E-state index contributed by atoms with van der Waals surface area (Å²) in [6.07, 6.45) is 3.18. The van der Waals surface area contributed by atoms with Crippen LogP contribution in [0.4, 0.5) is 0 Å². The average molecular weight is 229 g/mol. The number of hydrogen-bond acceptors (Lipinski definition) is 3. The Balaban J connectivity index is 2.43. The predicted octanol–water partition coefficient (Wildman–Crippen LogP) is 1.74. The molecule has 0 saturated carbocycles. The normalized spacial score (nSPS) is 28.9. The molecule has 0 aromatic heterocycles. The Morgan fingerprint density at radius 3 is 2.88 bits per heavy atom. The first-order chi connectivity index (χ1) is 7.47. The first-order valence-corrected chi connectivity index (χ1v) is 5.98. The van der Waals surface area contributed by atoms with Crippen molar-refractivity contribution in [3.05, 3.63) is 0 Å². The van der Waals surface area contributed by atoms with E-state index in [4.69, 9.17) is 9.84 Å². The molecule has 0 aromatic carbocycles. The number of nitrogens with zero attached hydrogens (tertiary/aromatic N) is 1. The van der Waals surface area contributed by atoms with Gasteiger partial charge in [0.2, 0.25) is 0 Å². The highest BCUT2D eigenvalue weighted by Gasteiger charge is 2.32. The molecule has 0 aromatic rings. The first-order valence-electron chi connectivity index (χ1n) is 5.98. The summed E-state index contributed by atoms with van der Waals surface area (Å²) in [5.74, 6) is -0.710. The van der Waals surface area contributed by atoms with E-state index in [9.17, 15) is 4.79 Å². The molecule has 0 amide bonds. The minimum Gasteiger partial charge on any atom is -0.481 e. The Morgan fingerprint density at radius 2 is 2.31 bits per heavy atom. The summed E-state index contributed by atoms with van der Waals surface area (Å²) < 4.78 is 5.53. The van der Waals surface area contributed by atoms with E-state index in [0.29, 0.717) is 6.04 Å². The standard InChI is InChI=1S/C12H23NO3/c1-10(5-6-11(14)15)13-8-4-7-12(2,9-13)16-3/h10H,4-9H2,1-3H3,(H,14,15). The van der Waals surface area contributed by atoms with Gasteiger partial charge in [-0.3, -0.25) is 9.69 Å². The quantitative estimate of drug-likeness (QED) is 0.780. The van der Waals surface area contributed by atoms with Crippen LogP contribution >= 0.6 is 0 Å². The molecule has 1 aliphatic rings. The molecule has 0 bridgehead atoms. The number of carboxylic acids is 1. The number of methoxy groups -OCH3 is 1. The van der Waals surface area contributed by atoms with Gasteiger partial charge in [0.05, 0.1) is 5.60 Å². The molecule has 4 nitrogen and oxygen atoms in total. The highest BCUT2D eigenvalue weighted by Crippen LogP contribution is 2.26. The number of piperidine rings is 1. The van der Waals surface area contributed by atoms with E-state index in [1.807, 2.05) is 0 Å². The Hall–Kier alpha value is -0.610. The molecule has 1 fully saturated rings. The van der Waals surface area contributed by atoms with Crippen LogP contribution in [0.3, 0.4) is 0 Å². The molecule has 1 heterocycles. The van der Waals surface area contributed by atoms with Gasteiger partial charge in [0.15, 0.2) is 0 Å². The molecule has 94 valence electrons. The summed E-state index contributed by atoms with van der Waals surface area (Å²) in [4.78, 5) is 12.9. The number of likely N-dealkylation sites (tertiary alicyclic amines) is 1. The second-order valence-electron chi connectivity index (χ2n) is 5.01. The van der Waals surface area contributed by atoms with Crippen LogP contribution < -0.4 is 0 Å². The summed E-state index contributed by atoms with van der Waals surface area (Å²) in [6, 6.07) is 0.325. The van der Waals surface area contributed by atoms with Gasteiger partial charge in [-0.15, -0.1) is 0 Å². The molecule has 1 rings (SSSR count). The fourth-order valence-electron chi connectivity index (χ4n) is 2.30. The third-order valence-corrected chi connectivity index (χ3v) is 3.58. The molecular formula is C12H23NO3. The van der Waals surface area contributed by atoms with Gasteiger partial charge in [-0.2, -0.15) is 0 Å². The lowest BCUT2D eigenvalue weighted by Gasteiger charge is -2.42. The van der Waals surface area contributed by atoms with Crippen molar-refractivity contribution in [1.82, 2.24) is 4.90 Å². The third-order valence-electron chi connectivity index (χ3n) is 3.58. The van der Waals surface area contributed by atoms with Crippen molar-refractivity contribution in [2.75, 3.05) is 20.2 Å². The van der Waals surface area contributed by atoms with E-state index in [1.54, 1.807) is 7.11 Å². The monoisotopic (exact) mass is 229 g/mol. The summed E-state index contributed by atoms with van der Waals surface area (Å²) in [7, 11) is 1.76. The van der Waals surface area contributed by atoms with E-state index < -0.39 is 5.97 Å². The lowest BCUT2D eigenvalue weighted by molar-refractivity contribution is -0.137. The van der Waals surface area contributed by atoms with Crippen molar-refractivity contribution in [1.29, 1.82) is 0 Å². The molecule has 1 aliphatic heterocycles. The van der Waals surface area contributed by atoms with Crippen LogP contribution in [0.5, 0.6) is 0 Å². The van der Waals surface area contributed by atoms with Crippen molar-refractivity contribution < 1.29 is 14.6 Å². The van der Waals surface area contributed by atoms with Crippen LogP contribution in [0.2, 0.25) is 0 Å². The van der Waals surface area contributed by atoms with Crippen molar-refractivity contribution >= 4 is 5.97 Å². The van der Waals surface area contributed by atoms with Crippen molar-refractivity contribution in [2.24, 2.45) is 0 Å². The van der Waals surface area contributed by atoms with E-state index in [-0.39, 0.29) is 12.0 Å². The smallest absolute Gasteiger partial charge is 0.303 e. The van der Waals surface area contributed by atoms with Crippen LogP contribution in [0.1, 0.15) is 39.5 Å². The zero-order valence-electron chi connectivity index (χ0n) is 10.5. The Kier molecular flexibility index (Phi) is 4.74. The van der Waals surface area contributed by atoms with E-state index in [1.165, 1.54) is 0 Å². The Morgan fingerprint density at radius 1 is 1.62 bits per heavy atom. The Bertz CT molecular complexity index is 244. The lowest BCUT2D eigenvalue weighted by Crippen LogP contribution is -2.50. The molecular weight excluding hydrogens is 206 g/mol. The van der Waals surface area contributed by atoms with Crippen LogP contribution in [0, 0.1) is 0 Å². The van der Waals surface area contributed by atoms with Crippen molar-refractivity contribution in [3.63, 3.8) is 0 Å². The number of aliphatic carboxylic acids is 1. The molecule has 4 heteroatoms. The summed E-state index contributed by atoms with van der Waals surface area (Å²) >= 11 is 0. The maximum atomic E-state index is 10.5. The third kappa shape index (κ3) is 3.76.